The lowest BCUT2D eigenvalue weighted by molar-refractivity contribution is -0.145. The fraction of sp³-hybridized carbons (Fsp3) is 0.222. The van der Waals surface area contributed by atoms with E-state index in [1.54, 1.807) is 4.90 Å². The van der Waals surface area contributed by atoms with Crippen molar-refractivity contribution in [1.82, 2.24) is 10.2 Å². The van der Waals surface area contributed by atoms with Gasteiger partial charge in [0.05, 0.1) is 5.92 Å². The second-order valence-electron chi connectivity index (χ2n) is 8.50. The van der Waals surface area contributed by atoms with Crippen LogP contribution in [0.3, 0.4) is 0 Å². The highest BCUT2D eigenvalue weighted by molar-refractivity contribution is 6.02. The third kappa shape index (κ3) is 4.24. The first-order valence-electron chi connectivity index (χ1n) is 11.2. The standard InChI is InChI=1S/C27H25N3O3/c31-25-17-22(21-11-4-5-12-23(21)29-25)27(33)30-14-13-28-26(32)24(30)16-18-7-6-10-20(15-18)19-8-2-1-3-9-19/h1-12,15,22,24H,13-14,16-17H2,(H,28,32)(H,29,31)/t22-,24+/m1/s1. The van der Waals surface area contributed by atoms with Gasteiger partial charge in [-0.25, -0.2) is 0 Å². The normalized spacial score (nSPS) is 19.9. The molecule has 6 heteroatoms. The van der Waals surface area contributed by atoms with Gasteiger partial charge in [0, 0.05) is 31.6 Å². The highest BCUT2D eigenvalue weighted by Crippen LogP contribution is 2.34. The van der Waals surface area contributed by atoms with Crippen molar-refractivity contribution in [3.63, 3.8) is 0 Å². The molecule has 2 atom stereocenters. The van der Waals surface area contributed by atoms with Crippen LogP contribution < -0.4 is 10.6 Å². The minimum absolute atomic E-state index is 0.0875. The molecule has 2 aliphatic rings. The first-order chi connectivity index (χ1) is 16.1. The summed E-state index contributed by atoms with van der Waals surface area (Å²) in [4.78, 5) is 40.5. The summed E-state index contributed by atoms with van der Waals surface area (Å²) in [5.74, 6) is -1.09. The van der Waals surface area contributed by atoms with Crippen molar-refractivity contribution in [3.8, 4) is 11.1 Å². The van der Waals surface area contributed by atoms with Crippen molar-refractivity contribution in [3.05, 3.63) is 90.0 Å². The van der Waals surface area contributed by atoms with Crippen LogP contribution in [0.15, 0.2) is 78.9 Å². The average molecular weight is 440 g/mol. The van der Waals surface area contributed by atoms with Gasteiger partial charge in [-0.15, -0.1) is 0 Å². The van der Waals surface area contributed by atoms with Gasteiger partial charge in [0.1, 0.15) is 6.04 Å². The predicted molar refractivity (Wildman–Crippen MR) is 127 cm³/mol. The molecule has 0 saturated carbocycles. The Kier molecular flexibility index (Phi) is 5.65. The monoisotopic (exact) mass is 439 g/mol. The van der Waals surface area contributed by atoms with Gasteiger partial charge < -0.3 is 15.5 Å². The van der Waals surface area contributed by atoms with Gasteiger partial charge in [0.25, 0.3) is 0 Å². The first kappa shape index (κ1) is 20.9. The van der Waals surface area contributed by atoms with E-state index in [0.717, 1.165) is 22.3 Å². The zero-order valence-corrected chi connectivity index (χ0v) is 18.2. The van der Waals surface area contributed by atoms with Crippen LogP contribution in [0.1, 0.15) is 23.5 Å². The number of nitrogens with one attached hydrogen (secondary N) is 2. The van der Waals surface area contributed by atoms with E-state index in [4.69, 9.17) is 0 Å². The molecular formula is C27H25N3O3. The second-order valence-corrected chi connectivity index (χ2v) is 8.50. The van der Waals surface area contributed by atoms with E-state index < -0.39 is 12.0 Å². The number of carbonyl (C=O) groups is 3. The van der Waals surface area contributed by atoms with Gasteiger partial charge in [-0.2, -0.15) is 0 Å². The lowest BCUT2D eigenvalue weighted by atomic mass is 9.88. The van der Waals surface area contributed by atoms with E-state index in [0.29, 0.717) is 25.2 Å². The van der Waals surface area contributed by atoms with Crippen molar-refractivity contribution in [2.24, 2.45) is 0 Å². The number of anilines is 1. The van der Waals surface area contributed by atoms with Crippen LogP contribution in [0, 0.1) is 0 Å². The molecule has 0 aliphatic carbocycles. The summed E-state index contributed by atoms with van der Waals surface area (Å²) in [7, 11) is 0. The average Bonchev–Trinajstić information content (AvgIpc) is 2.85. The van der Waals surface area contributed by atoms with Crippen LogP contribution in [0.2, 0.25) is 0 Å². The molecule has 1 fully saturated rings. The molecule has 166 valence electrons. The van der Waals surface area contributed by atoms with E-state index in [2.05, 4.69) is 16.7 Å². The van der Waals surface area contributed by atoms with Crippen molar-refractivity contribution in [1.29, 1.82) is 0 Å². The van der Waals surface area contributed by atoms with Gasteiger partial charge in [-0.3, -0.25) is 14.4 Å². The van der Waals surface area contributed by atoms with E-state index in [9.17, 15) is 14.4 Å². The minimum Gasteiger partial charge on any atom is -0.353 e. The Balaban J connectivity index is 1.42. The lowest BCUT2D eigenvalue weighted by Gasteiger charge is -2.38. The fourth-order valence-electron chi connectivity index (χ4n) is 4.74. The summed E-state index contributed by atoms with van der Waals surface area (Å²) < 4.78 is 0. The Morgan fingerprint density at radius 3 is 2.52 bits per heavy atom. The Bertz CT molecular complexity index is 1210. The predicted octanol–water partition coefficient (Wildman–Crippen LogP) is 3.35. The maximum atomic E-state index is 13.7. The molecular weight excluding hydrogens is 414 g/mol. The summed E-state index contributed by atoms with van der Waals surface area (Å²) in [6.07, 6.45) is 0.503. The maximum Gasteiger partial charge on any atom is 0.243 e. The molecule has 3 aromatic carbocycles. The van der Waals surface area contributed by atoms with E-state index in [-0.39, 0.29) is 24.1 Å². The van der Waals surface area contributed by atoms with Gasteiger partial charge >= 0.3 is 0 Å². The van der Waals surface area contributed by atoms with Gasteiger partial charge in [0.15, 0.2) is 0 Å². The zero-order chi connectivity index (χ0) is 22.8. The van der Waals surface area contributed by atoms with Crippen LogP contribution in [-0.2, 0) is 20.8 Å². The molecule has 2 N–H and O–H groups in total. The van der Waals surface area contributed by atoms with Crippen LogP contribution in [0.5, 0.6) is 0 Å². The summed E-state index contributed by atoms with van der Waals surface area (Å²) in [5, 5.41) is 5.74. The number of nitrogens with zero attached hydrogens (tertiary/aromatic N) is 1. The maximum absolute atomic E-state index is 13.7. The number of hydrogen-bond acceptors (Lipinski definition) is 3. The molecule has 0 unspecified atom stereocenters. The van der Waals surface area contributed by atoms with Crippen LogP contribution >= 0.6 is 0 Å². The molecule has 1 saturated heterocycles. The number of carbonyl (C=O) groups excluding carboxylic acids is 3. The van der Waals surface area contributed by atoms with E-state index in [1.807, 2.05) is 72.8 Å². The summed E-state index contributed by atoms with van der Waals surface area (Å²) in [6, 6.07) is 24.9. The number of benzene rings is 3. The third-order valence-corrected chi connectivity index (χ3v) is 6.37. The van der Waals surface area contributed by atoms with Gasteiger partial charge in [-0.05, 0) is 28.3 Å². The number of fused-ring (bicyclic) bond motifs is 1. The van der Waals surface area contributed by atoms with Gasteiger partial charge in [0.2, 0.25) is 17.7 Å². The highest BCUT2D eigenvalue weighted by Gasteiger charge is 2.39. The Morgan fingerprint density at radius 1 is 0.909 bits per heavy atom. The smallest absolute Gasteiger partial charge is 0.243 e. The Labute approximate surface area is 192 Å². The number of para-hydroxylation sites is 1. The van der Waals surface area contributed by atoms with Crippen LogP contribution in [0.4, 0.5) is 5.69 Å². The zero-order valence-electron chi connectivity index (χ0n) is 18.2. The van der Waals surface area contributed by atoms with Crippen molar-refractivity contribution in [2.75, 3.05) is 18.4 Å². The van der Waals surface area contributed by atoms with Crippen molar-refractivity contribution >= 4 is 23.4 Å². The fourth-order valence-corrected chi connectivity index (χ4v) is 4.74. The SMILES string of the molecule is O=C1C[C@@H](C(=O)N2CCNC(=O)[C@@H]2Cc2cccc(-c3ccccc3)c2)c2ccccc2N1. The van der Waals surface area contributed by atoms with Crippen LogP contribution in [0.25, 0.3) is 11.1 Å². The quantitative estimate of drug-likeness (QED) is 0.655. The summed E-state index contributed by atoms with van der Waals surface area (Å²) >= 11 is 0. The molecule has 33 heavy (non-hydrogen) atoms. The third-order valence-electron chi connectivity index (χ3n) is 6.37. The van der Waals surface area contributed by atoms with Crippen LogP contribution in [-0.4, -0.2) is 41.8 Å². The first-order valence-corrected chi connectivity index (χ1v) is 11.2. The van der Waals surface area contributed by atoms with Crippen molar-refractivity contribution < 1.29 is 14.4 Å². The largest absolute Gasteiger partial charge is 0.353 e. The Morgan fingerprint density at radius 2 is 1.67 bits per heavy atom. The second kappa shape index (κ2) is 8.90. The molecule has 3 aromatic rings. The number of piperazine rings is 1. The number of rotatable bonds is 4. The van der Waals surface area contributed by atoms with Gasteiger partial charge in [-0.1, -0.05) is 72.8 Å². The number of hydrogen-bond donors (Lipinski definition) is 2. The molecule has 0 radical (unpaired) electrons. The molecule has 2 heterocycles. The molecule has 2 aliphatic heterocycles. The molecule has 3 amide bonds. The minimum atomic E-state index is -0.616. The summed E-state index contributed by atoms with van der Waals surface area (Å²) in [6.45, 7) is 0.833. The summed E-state index contributed by atoms with van der Waals surface area (Å²) in [5.41, 5.74) is 4.63. The molecule has 6 nitrogen and oxygen atoms in total. The molecule has 0 aromatic heterocycles. The highest BCUT2D eigenvalue weighted by atomic mass is 16.2. The lowest BCUT2D eigenvalue weighted by Crippen LogP contribution is -2.59. The molecule has 0 bridgehead atoms. The number of amides is 3. The molecule has 5 rings (SSSR count). The van der Waals surface area contributed by atoms with Crippen molar-refractivity contribution in [2.45, 2.75) is 24.8 Å². The van der Waals surface area contributed by atoms with E-state index in [1.165, 1.54) is 0 Å². The van der Waals surface area contributed by atoms with E-state index >= 15 is 0 Å². The topological polar surface area (TPSA) is 78.5 Å². The Hall–Kier alpha value is -3.93. The molecule has 0 spiro atoms.